The molecule has 4 aliphatic carbocycles. The van der Waals surface area contributed by atoms with Crippen molar-refractivity contribution >= 4 is 23.9 Å². The number of amides is 3. The van der Waals surface area contributed by atoms with E-state index in [-0.39, 0.29) is 23.8 Å². The van der Waals surface area contributed by atoms with Crippen LogP contribution >= 0.6 is 0 Å². The van der Waals surface area contributed by atoms with Crippen molar-refractivity contribution < 1.29 is 28.7 Å². The first-order chi connectivity index (χ1) is 13.7. The summed E-state index contributed by atoms with van der Waals surface area (Å²) < 4.78 is 9.66. The molecule has 162 valence electrons. The van der Waals surface area contributed by atoms with Crippen LogP contribution in [0, 0.1) is 29.1 Å². The molecule has 0 heterocycles. The van der Waals surface area contributed by atoms with Crippen molar-refractivity contribution in [3.8, 4) is 0 Å². The van der Waals surface area contributed by atoms with Crippen molar-refractivity contribution in [2.45, 2.75) is 65.3 Å². The summed E-state index contributed by atoms with van der Waals surface area (Å²) >= 11 is 0. The van der Waals surface area contributed by atoms with E-state index in [4.69, 9.17) is 4.74 Å². The normalized spacial score (nSPS) is 30.6. The number of hydrogen-bond acceptors (Lipinski definition) is 6. The Morgan fingerprint density at radius 2 is 1.52 bits per heavy atom. The molecular weight excluding hydrogens is 376 g/mol. The molecule has 0 unspecified atom stereocenters. The third kappa shape index (κ3) is 4.90. The summed E-state index contributed by atoms with van der Waals surface area (Å²) in [6, 6.07) is -0.828. The maximum Gasteiger partial charge on any atom is 0.413 e. The van der Waals surface area contributed by atoms with Gasteiger partial charge in [0.15, 0.2) is 6.61 Å². The monoisotopic (exact) mass is 408 g/mol. The van der Waals surface area contributed by atoms with Gasteiger partial charge in [-0.25, -0.2) is 9.59 Å². The Morgan fingerprint density at radius 1 is 0.966 bits per heavy atom. The molecule has 0 aromatic rings. The Morgan fingerprint density at radius 3 is 2.00 bits per heavy atom. The molecule has 8 heteroatoms. The molecule has 0 radical (unpaired) electrons. The first-order valence-electron chi connectivity index (χ1n) is 10.7. The minimum atomic E-state index is -0.885. The molecule has 29 heavy (non-hydrogen) atoms. The number of imide groups is 1. The van der Waals surface area contributed by atoms with Gasteiger partial charge in [0.2, 0.25) is 5.91 Å². The molecule has 0 aromatic heterocycles. The van der Waals surface area contributed by atoms with Gasteiger partial charge < -0.3 is 14.8 Å². The van der Waals surface area contributed by atoms with Crippen molar-refractivity contribution in [3.05, 3.63) is 0 Å². The Labute approximate surface area is 171 Å². The summed E-state index contributed by atoms with van der Waals surface area (Å²) in [4.78, 5) is 48.7. The van der Waals surface area contributed by atoms with Crippen molar-refractivity contribution in [1.29, 1.82) is 0 Å². The zero-order chi connectivity index (χ0) is 21.2. The first-order valence-corrected chi connectivity index (χ1v) is 10.7. The number of alkyl carbamates (subject to hydrolysis) is 1. The lowest BCUT2D eigenvalue weighted by Gasteiger charge is -2.55. The summed E-state index contributed by atoms with van der Waals surface area (Å²) in [5.41, 5.74) is -0.358. The molecule has 0 spiro atoms. The van der Waals surface area contributed by atoms with Crippen LogP contribution in [0.25, 0.3) is 0 Å². The van der Waals surface area contributed by atoms with E-state index in [0.29, 0.717) is 17.8 Å². The molecular formula is C21H32N2O6. The topological polar surface area (TPSA) is 111 Å². The van der Waals surface area contributed by atoms with Crippen molar-refractivity contribution in [1.82, 2.24) is 10.6 Å². The van der Waals surface area contributed by atoms with Gasteiger partial charge in [-0.1, -0.05) is 13.8 Å². The number of carbonyl (C=O) groups excluding carboxylic acids is 4. The lowest BCUT2D eigenvalue weighted by Crippen LogP contribution is -2.57. The van der Waals surface area contributed by atoms with Crippen LogP contribution in [-0.4, -0.2) is 43.1 Å². The summed E-state index contributed by atoms with van der Waals surface area (Å²) in [5, 5.41) is 4.89. The fraction of sp³-hybridized carbons (Fsp3) is 0.810. The lowest BCUT2D eigenvalue weighted by molar-refractivity contribution is -0.157. The molecule has 4 saturated carbocycles. The van der Waals surface area contributed by atoms with E-state index in [9.17, 15) is 19.2 Å². The average Bonchev–Trinajstić information content (AvgIpc) is 2.62. The largest absolute Gasteiger partial charge is 0.454 e. The number of nitrogens with one attached hydrogen (secondary N) is 2. The smallest absolute Gasteiger partial charge is 0.413 e. The van der Waals surface area contributed by atoms with Crippen LogP contribution in [0.2, 0.25) is 0 Å². The van der Waals surface area contributed by atoms with Gasteiger partial charge in [0.25, 0.3) is 5.91 Å². The van der Waals surface area contributed by atoms with Crippen LogP contribution in [0.4, 0.5) is 4.79 Å². The highest BCUT2D eigenvalue weighted by Crippen LogP contribution is 2.60. The molecule has 8 nitrogen and oxygen atoms in total. The number of esters is 1. The van der Waals surface area contributed by atoms with Crippen LogP contribution in [0.15, 0.2) is 0 Å². The molecule has 0 aliphatic heterocycles. The third-order valence-corrected chi connectivity index (χ3v) is 6.59. The van der Waals surface area contributed by atoms with Crippen molar-refractivity contribution in [2.24, 2.45) is 29.1 Å². The Kier molecular flexibility index (Phi) is 6.49. The summed E-state index contributed by atoms with van der Waals surface area (Å²) in [7, 11) is 0. The maximum atomic E-state index is 13.2. The maximum absolute atomic E-state index is 13.2. The minimum Gasteiger partial charge on any atom is -0.454 e. The molecule has 0 saturated heterocycles. The van der Waals surface area contributed by atoms with Gasteiger partial charge in [-0.3, -0.25) is 14.9 Å². The molecule has 4 aliphatic rings. The Balaban J connectivity index is 1.55. The van der Waals surface area contributed by atoms with Crippen LogP contribution in [0.3, 0.4) is 0 Å². The van der Waals surface area contributed by atoms with E-state index >= 15 is 0 Å². The number of ether oxygens (including phenoxy) is 2. The lowest BCUT2D eigenvalue weighted by atomic mass is 9.49. The van der Waals surface area contributed by atoms with Gasteiger partial charge in [0, 0.05) is 5.41 Å². The average molecular weight is 408 g/mol. The quantitative estimate of drug-likeness (QED) is 0.625. The molecule has 0 aromatic carbocycles. The molecule has 4 bridgehead atoms. The van der Waals surface area contributed by atoms with E-state index < -0.39 is 30.6 Å². The molecule has 2 N–H and O–H groups in total. The van der Waals surface area contributed by atoms with E-state index in [0.717, 1.165) is 19.3 Å². The Hall–Kier alpha value is -2.12. The van der Waals surface area contributed by atoms with Crippen LogP contribution in [0.5, 0.6) is 0 Å². The van der Waals surface area contributed by atoms with Gasteiger partial charge in [0.1, 0.15) is 6.04 Å². The first kappa shape index (κ1) is 21.6. The predicted molar refractivity (Wildman–Crippen MR) is 103 cm³/mol. The second-order valence-electron chi connectivity index (χ2n) is 9.27. The predicted octanol–water partition coefficient (Wildman–Crippen LogP) is 2.16. The van der Waals surface area contributed by atoms with Gasteiger partial charge in [-0.15, -0.1) is 0 Å². The van der Waals surface area contributed by atoms with Gasteiger partial charge in [0.05, 0.1) is 6.61 Å². The van der Waals surface area contributed by atoms with Crippen LogP contribution in [0.1, 0.15) is 59.3 Å². The fourth-order valence-corrected chi connectivity index (χ4v) is 5.72. The fourth-order valence-electron chi connectivity index (χ4n) is 5.72. The van der Waals surface area contributed by atoms with Crippen molar-refractivity contribution in [2.75, 3.05) is 13.2 Å². The second kappa shape index (κ2) is 8.71. The highest BCUT2D eigenvalue weighted by Gasteiger charge is 2.55. The summed E-state index contributed by atoms with van der Waals surface area (Å²) in [6.45, 7) is 4.79. The zero-order valence-electron chi connectivity index (χ0n) is 17.5. The standard InChI is InChI=1S/C21H32N2O6/c1-4-28-20(27)22-16(24)11-29-18(25)17(12(2)3)23-19(26)21-8-13-5-14(9-21)7-15(6-13)10-21/h12-15,17H,4-11H2,1-3H3,(H,23,26)(H,22,24,27)/t13?,14?,15?,17-,21?/m0/s1. The third-order valence-electron chi connectivity index (χ3n) is 6.59. The minimum absolute atomic E-state index is 0.0526. The SMILES string of the molecule is CCOC(=O)NC(=O)COC(=O)[C@@H](NC(=O)C12CC3CC(CC(C3)C1)C2)C(C)C. The Bertz CT molecular complexity index is 639. The summed E-state index contributed by atoms with van der Waals surface area (Å²) in [6.07, 6.45) is 5.54. The molecule has 3 amide bonds. The van der Waals surface area contributed by atoms with E-state index in [1.54, 1.807) is 6.92 Å². The van der Waals surface area contributed by atoms with E-state index in [1.165, 1.54) is 19.3 Å². The van der Waals surface area contributed by atoms with Crippen LogP contribution in [-0.2, 0) is 23.9 Å². The van der Waals surface area contributed by atoms with Gasteiger partial charge in [-0.2, -0.15) is 0 Å². The van der Waals surface area contributed by atoms with E-state index in [1.807, 2.05) is 19.2 Å². The van der Waals surface area contributed by atoms with Gasteiger partial charge >= 0.3 is 12.1 Å². The van der Waals surface area contributed by atoms with E-state index in [2.05, 4.69) is 10.1 Å². The molecule has 1 atom stereocenters. The zero-order valence-corrected chi connectivity index (χ0v) is 17.5. The molecule has 4 rings (SSSR count). The second-order valence-corrected chi connectivity index (χ2v) is 9.27. The number of hydrogen-bond donors (Lipinski definition) is 2. The highest BCUT2D eigenvalue weighted by atomic mass is 16.6. The van der Waals surface area contributed by atoms with Crippen LogP contribution < -0.4 is 10.6 Å². The van der Waals surface area contributed by atoms with Gasteiger partial charge in [-0.05, 0) is 69.1 Å². The highest BCUT2D eigenvalue weighted by molar-refractivity contribution is 5.94. The number of carbonyl (C=O) groups is 4. The van der Waals surface area contributed by atoms with Crippen molar-refractivity contribution in [3.63, 3.8) is 0 Å². The summed E-state index contributed by atoms with van der Waals surface area (Å²) in [5.74, 6) is 0.203. The molecule has 4 fully saturated rings. The number of rotatable bonds is 7.